The summed E-state index contributed by atoms with van der Waals surface area (Å²) in [4.78, 5) is 17.7. The molecular weight excluding hydrogens is 241 g/mol. The summed E-state index contributed by atoms with van der Waals surface area (Å²) in [7, 11) is 0. The number of aromatic nitrogens is 1. The lowest BCUT2D eigenvalue weighted by Gasteiger charge is -2.11. The predicted octanol–water partition coefficient (Wildman–Crippen LogP) is 2.23. The van der Waals surface area contributed by atoms with Crippen LogP contribution in [0, 0.1) is 5.95 Å². The molecule has 1 N–H and O–H groups in total. The van der Waals surface area contributed by atoms with Gasteiger partial charge in [0, 0.05) is 13.0 Å². The summed E-state index contributed by atoms with van der Waals surface area (Å²) < 4.78 is 13.5. The highest BCUT2D eigenvalue weighted by molar-refractivity contribution is 7.15. The van der Waals surface area contributed by atoms with Gasteiger partial charge in [-0.05, 0) is 25.9 Å². The lowest BCUT2D eigenvalue weighted by Crippen LogP contribution is -2.18. The van der Waals surface area contributed by atoms with E-state index in [2.05, 4.69) is 15.2 Å². The topological polar surface area (TPSA) is 45.2 Å². The minimum absolute atomic E-state index is 0.133. The Morgan fingerprint density at radius 1 is 1.53 bits per heavy atom. The number of carbonyl (C=O) groups excluding carboxylic acids is 1. The van der Waals surface area contributed by atoms with Crippen LogP contribution in [0.25, 0.3) is 0 Å². The smallest absolute Gasteiger partial charge is 0.230 e. The second-order valence-corrected chi connectivity index (χ2v) is 5.20. The summed E-state index contributed by atoms with van der Waals surface area (Å²) in [5.74, 6) is -0.584. The van der Waals surface area contributed by atoms with Crippen LogP contribution in [-0.2, 0) is 11.3 Å². The Bertz CT molecular complexity index is 401. The zero-order chi connectivity index (χ0) is 12.3. The average molecular weight is 257 g/mol. The summed E-state index contributed by atoms with van der Waals surface area (Å²) in [5, 5.41) is 2.95. The van der Waals surface area contributed by atoms with Crippen LogP contribution in [0.1, 0.15) is 31.1 Å². The van der Waals surface area contributed by atoms with Crippen LogP contribution in [0.3, 0.4) is 0 Å². The number of nitrogens with one attached hydrogen (secondary N) is 1. The molecule has 0 spiro atoms. The zero-order valence-electron chi connectivity index (χ0n) is 9.83. The Hall–Kier alpha value is -1.01. The van der Waals surface area contributed by atoms with E-state index in [1.807, 2.05) is 0 Å². The number of rotatable bonds is 4. The maximum Gasteiger partial charge on any atom is 0.230 e. The lowest BCUT2D eigenvalue weighted by molar-refractivity contribution is -0.115. The Labute approximate surface area is 104 Å². The molecule has 1 aliphatic rings. The number of thiazole rings is 1. The molecule has 0 saturated carbocycles. The van der Waals surface area contributed by atoms with Crippen LogP contribution in [-0.4, -0.2) is 28.9 Å². The molecule has 0 unspecified atom stereocenters. The van der Waals surface area contributed by atoms with Gasteiger partial charge in [-0.1, -0.05) is 18.3 Å². The van der Waals surface area contributed by atoms with Crippen LogP contribution in [0.5, 0.6) is 0 Å². The van der Waals surface area contributed by atoms with Gasteiger partial charge in [-0.3, -0.25) is 9.69 Å². The van der Waals surface area contributed by atoms with Crippen molar-refractivity contribution < 1.29 is 9.18 Å². The standard InChI is InChI=1S/C11H16FN3OS/c1-2-9(16)13-11-14-10(12)8(17-11)7-15-5-3-4-6-15/h2-7H2,1H3,(H,13,14,16). The molecule has 1 saturated heterocycles. The lowest BCUT2D eigenvalue weighted by atomic mass is 10.4. The molecule has 94 valence electrons. The van der Waals surface area contributed by atoms with E-state index in [4.69, 9.17) is 0 Å². The van der Waals surface area contributed by atoms with Gasteiger partial charge < -0.3 is 5.32 Å². The second kappa shape index (κ2) is 5.55. The number of nitrogens with zero attached hydrogens (tertiary/aromatic N) is 2. The number of anilines is 1. The van der Waals surface area contributed by atoms with E-state index in [-0.39, 0.29) is 5.91 Å². The minimum Gasteiger partial charge on any atom is -0.302 e. The highest BCUT2D eigenvalue weighted by Gasteiger charge is 2.18. The molecule has 1 aliphatic heterocycles. The first kappa shape index (κ1) is 12.4. The summed E-state index contributed by atoms with van der Waals surface area (Å²) in [5.41, 5.74) is 0. The third kappa shape index (κ3) is 3.23. The molecule has 1 aromatic heterocycles. The van der Waals surface area contributed by atoms with E-state index in [0.29, 0.717) is 23.0 Å². The quantitative estimate of drug-likeness (QED) is 0.899. The monoisotopic (exact) mass is 257 g/mol. The van der Waals surface area contributed by atoms with Gasteiger partial charge in [0.25, 0.3) is 0 Å². The fraction of sp³-hybridized carbons (Fsp3) is 0.636. The van der Waals surface area contributed by atoms with Crippen LogP contribution in [0.15, 0.2) is 0 Å². The molecule has 0 aliphatic carbocycles. The minimum atomic E-state index is -0.451. The number of hydrogen-bond donors (Lipinski definition) is 1. The molecule has 0 atom stereocenters. The Morgan fingerprint density at radius 3 is 2.88 bits per heavy atom. The average Bonchev–Trinajstić information content (AvgIpc) is 2.90. The SMILES string of the molecule is CCC(=O)Nc1nc(F)c(CN2CCCC2)s1. The third-order valence-corrected chi connectivity index (χ3v) is 3.71. The summed E-state index contributed by atoms with van der Waals surface area (Å²) in [6, 6.07) is 0. The van der Waals surface area contributed by atoms with Crippen molar-refractivity contribution in [2.24, 2.45) is 0 Å². The molecule has 1 aromatic rings. The zero-order valence-corrected chi connectivity index (χ0v) is 10.6. The van der Waals surface area contributed by atoms with Gasteiger partial charge in [-0.25, -0.2) is 0 Å². The normalized spacial score (nSPS) is 16.4. The second-order valence-electron chi connectivity index (χ2n) is 4.12. The van der Waals surface area contributed by atoms with Gasteiger partial charge in [0.1, 0.15) is 0 Å². The van der Waals surface area contributed by atoms with E-state index in [9.17, 15) is 9.18 Å². The van der Waals surface area contributed by atoms with Gasteiger partial charge in [0.15, 0.2) is 5.13 Å². The fourth-order valence-corrected chi connectivity index (χ4v) is 2.74. The number of amides is 1. The van der Waals surface area contributed by atoms with Gasteiger partial charge in [0.2, 0.25) is 11.9 Å². The molecule has 4 nitrogen and oxygen atoms in total. The van der Waals surface area contributed by atoms with Gasteiger partial charge in [-0.2, -0.15) is 9.37 Å². The molecule has 0 aromatic carbocycles. The molecule has 0 bridgehead atoms. The molecule has 1 fully saturated rings. The van der Waals surface area contributed by atoms with E-state index >= 15 is 0 Å². The highest BCUT2D eigenvalue weighted by atomic mass is 32.1. The van der Waals surface area contributed by atoms with Crippen molar-refractivity contribution in [2.45, 2.75) is 32.7 Å². The van der Waals surface area contributed by atoms with Crippen molar-refractivity contribution in [3.63, 3.8) is 0 Å². The van der Waals surface area contributed by atoms with E-state index in [1.54, 1.807) is 6.92 Å². The molecule has 2 rings (SSSR count). The summed E-state index contributed by atoms with van der Waals surface area (Å²) in [6.45, 7) is 4.40. The third-order valence-electron chi connectivity index (χ3n) is 2.78. The first-order chi connectivity index (χ1) is 8.19. The van der Waals surface area contributed by atoms with Gasteiger partial charge in [0.05, 0.1) is 4.88 Å². The predicted molar refractivity (Wildman–Crippen MR) is 65.5 cm³/mol. The Kier molecular flexibility index (Phi) is 4.06. The molecule has 2 heterocycles. The van der Waals surface area contributed by atoms with Crippen molar-refractivity contribution in [3.8, 4) is 0 Å². The summed E-state index contributed by atoms with van der Waals surface area (Å²) in [6.07, 6.45) is 2.74. The van der Waals surface area contributed by atoms with Gasteiger partial charge in [-0.15, -0.1) is 0 Å². The molecule has 1 amide bonds. The largest absolute Gasteiger partial charge is 0.302 e. The summed E-state index contributed by atoms with van der Waals surface area (Å²) >= 11 is 1.23. The molecular formula is C11H16FN3OS. The Balaban J connectivity index is 1.99. The molecule has 6 heteroatoms. The van der Waals surface area contributed by atoms with E-state index < -0.39 is 5.95 Å². The van der Waals surface area contributed by atoms with E-state index in [1.165, 1.54) is 24.2 Å². The molecule has 0 radical (unpaired) electrons. The first-order valence-corrected chi connectivity index (χ1v) is 6.68. The number of hydrogen-bond acceptors (Lipinski definition) is 4. The maximum absolute atomic E-state index is 13.5. The maximum atomic E-state index is 13.5. The fourth-order valence-electron chi connectivity index (χ4n) is 1.84. The van der Waals surface area contributed by atoms with Crippen molar-refractivity contribution >= 4 is 22.4 Å². The van der Waals surface area contributed by atoms with Crippen molar-refractivity contribution in [1.29, 1.82) is 0 Å². The van der Waals surface area contributed by atoms with Crippen LogP contribution >= 0.6 is 11.3 Å². The number of carbonyl (C=O) groups is 1. The van der Waals surface area contributed by atoms with Gasteiger partial charge >= 0.3 is 0 Å². The van der Waals surface area contributed by atoms with Crippen LogP contribution in [0.4, 0.5) is 9.52 Å². The van der Waals surface area contributed by atoms with Crippen LogP contribution < -0.4 is 5.32 Å². The number of likely N-dealkylation sites (tertiary alicyclic amines) is 1. The van der Waals surface area contributed by atoms with Crippen molar-refractivity contribution in [1.82, 2.24) is 9.88 Å². The van der Waals surface area contributed by atoms with Crippen molar-refractivity contribution in [3.05, 3.63) is 10.8 Å². The van der Waals surface area contributed by atoms with Crippen LogP contribution in [0.2, 0.25) is 0 Å². The first-order valence-electron chi connectivity index (χ1n) is 5.86. The van der Waals surface area contributed by atoms with Crippen molar-refractivity contribution in [2.75, 3.05) is 18.4 Å². The Morgan fingerprint density at radius 2 is 2.24 bits per heavy atom. The number of halogens is 1. The highest BCUT2D eigenvalue weighted by Crippen LogP contribution is 2.24. The van der Waals surface area contributed by atoms with E-state index in [0.717, 1.165) is 13.1 Å². The molecule has 17 heavy (non-hydrogen) atoms.